The van der Waals surface area contributed by atoms with Crippen LogP contribution in [-0.2, 0) is 0 Å². The van der Waals surface area contributed by atoms with Gasteiger partial charge in [0, 0.05) is 5.66 Å². The molecule has 1 atom stereocenters. The molecule has 31 heavy (non-hydrogen) atoms. The fraction of sp³-hybridized carbons (Fsp3) is 0.448. The summed E-state index contributed by atoms with van der Waals surface area (Å²) in [6, 6.07) is 18.6. The number of aryl methyl sites for hydroxylation is 2. The second-order valence-electron chi connectivity index (χ2n) is 10.9. The molecule has 0 spiro atoms. The number of hydrogen-bond acceptors (Lipinski definition) is 0. The molecule has 0 saturated heterocycles. The Morgan fingerprint density at radius 2 is 1.13 bits per heavy atom. The predicted molar refractivity (Wildman–Crippen MR) is 145 cm³/mol. The van der Waals surface area contributed by atoms with E-state index in [1.54, 1.807) is 10.9 Å². The lowest BCUT2D eigenvalue weighted by Gasteiger charge is -2.46. The van der Waals surface area contributed by atoms with E-state index < -0.39 is 7.92 Å². The molecule has 0 nitrogen and oxygen atoms in total. The Hall–Kier alpha value is -1.22. The van der Waals surface area contributed by atoms with Crippen LogP contribution in [0.3, 0.4) is 0 Å². The summed E-state index contributed by atoms with van der Waals surface area (Å²) in [5, 5.41) is 5.25. The molecule has 0 N–H and O–H groups in total. The minimum Gasteiger partial charge on any atom is -0.0882 e. The van der Waals surface area contributed by atoms with Gasteiger partial charge in [0.2, 0.25) is 0 Å². The van der Waals surface area contributed by atoms with Gasteiger partial charge in [0.25, 0.3) is 0 Å². The van der Waals surface area contributed by atoms with Gasteiger partial charge in [-0.25, -0.2) is 0 Å². The van der Waals surface area contributed by atoms with Crippen LogP contribution in [0.4, 0.5) is 0 Å². The molecule has 3 rings (SSSR count). The molecule has 0 aromatic heterocycles. The van der Waals surface area contributed by atoms with Gasteiger partial charge in [-0.15, -0.1) is 0 Å². The first-order valence-electron chi connectivity index (χ1n) is 11.5. The van der Waals surface area contributed by atoms with E-state index in [9.17, 15) is 0 Å². The van der Waals surface area contributed by atoms with Crippen LogP contribution in [0.1, 0.15) is 66.0 Å². The summed E-state index contributed by atoms with van der Waals surface area (Å²) in [5.41, 5.74) is 4.87. The molecular weight excluding hydrogens is 410 g/mol. The fourth-order valence-electron chi connectivity index (χ4n) is 5.27. The third kappa shape index (κ3) is 5.59. The van der Waals surface area contributed by atoms with Crippen LogP contribution in [0.2, 0.25) is 0 Å². The van der Waals surface area contributed by atoms with Gasteiger partial charge in [0.15, 0.2) is 0 Å². The van der Waals surface area contributed by atoms with Crippen molar-refractivity contribution in [3.8, 4) is 0 Å². The van der Waals surface area contributed by atoms with E-state index in [4.69, 9.17) is 0 Å². The normalized spacial score (nSPS) is 16.0. The van der Waals surface area contributed by atoms with Crippen LogP contribution in [-0.4, -0.2) is 16.0 Å². The van der Waals surface area contributed by atoms with E-state index in [1.165, 1.54) is 21.7 Å². The molecule has 2 heteroatoms. The quantitative estimate of drug-likeness (QED) is 0.401. The first-order valence-corrected chi connectivity index (χ1v) is 14.3. The molecule has 0 amide bonds. The summed E-state index contributed by atoms with van der Waals surface area (Å²) < 4.78 is 0. The fourth-order valence-corrected chi connectivity index (χ4v) is 12.9. The van der Waals surface area contributed by atoms with Gasteiger partial charge < -0.3 is 0 Å². The van der Waals surface area contributed by atoms with Gasteiger partial charge in [-0.1, -0.05) is 128 Å². The zero-order valence-electron chi connectivity index (χ0n) is 21.0. The first kappa shape index (κ1) is 24.4. The van der Waals surface area contributed by atoms with Crippen LogP contribution in [0.5, 0.6) is 0 Å². The molecule has 1 unspecified atom stereocenters. The number of rotatable bonds is 5. The zero-order chi connectivity index (χ0) is 23.0. The van der Waals surface area contributed by atoms with Crippen molar-refractivity contribution in [3.63, 3.8) is 0 Å². The van der Waals surface area contributed by atoms with Crippen molar-refractivity contribution in [2.45, 2.75) is 84.7 Å². The van der Waals surface area contributed by atoms with Gasteiger partial charge in [-0.05, 0) is 60.0 Å². The Kier molecular flexibility index (Phi) is 7.35. The Bertz CT molecular complexity index is 888. The lowest BCUT2D eigenvalue weighted by atomic mass is 10.2. The lowest BCUT2D eigenvalue weighted by molar-refractivity contribution is 0.695. The highest BCUT2D eigenvalue weighted by Gasteiger charge is 2.40. The predicted octanol–water partition coefficient (Wildman–Crippen LogP) is 8.42. The molecule has 2 aromatic carbocycles. The Labute approximate surface area is 193 Å². The summed E-state index contributed by atoms with van der Waals surface area (Å²) in [5.74, 6) is 0. The molecule has 166 valence electrons. The maximum absolute atomic E-state index is 2.50. The van der Waals surface area contributed by atoms with Crippen LogP contribution < -0.4 is 10.6 Å². The molecule has 2 aromatic rings. The summed E-state index contributed by atoms with van der Waals surface area (Å²) >= 11 is 0. The second-order valence-corrected chi connectivity index (χ2v) is 17.3. The Morgan fingerprint density at radius 3 is 1.52 bits per heavy atom. The summed E-state index contributed by atoms with van der Waals surface area (Å²) in [6.45, 7) is 21.5. The van der Waals surface area contributed by atoms with Crippen LogP contribution in [0, 0.1) is 13.8 Å². The van der Waals surface area contributed by atoms with Crippen molar-refractivity contribution in [2.75, 3.05) is 0 Å². The van der Waals surface area contributed by atoms with Gasteiger partial charge in [0.1, 0.15) is 0 Å². The number of benzene rings is 2. The number of hydrogen-bond donors (Lipinski definition) is 0. The highest BCUT2D eigenvalue weighted by Crippen LogP contribution is 2.65. The van der Waals surface area contributed by atoms with Gasteiger partial charge in [-0.2, -0.15) is 0 Å². The maximum Gasteiger partial charge on any atom is 0.00262 e. The second kappa shape index (κ2) is 9.33. The Balaban J connectivity index is 2.16. The van der Waals surface area contributed by atoms with Crippen molar-refractivity contribution in [2.24, 2.45) is 0 Å². The monoisotopic (exact) mass is 450 g/mol. The molecular formula is C29H40P2. The van der Waals surface area contributed by atoms with Crippen LogP contribution >= 0.6 is 15.8 Å². The minimum atomic E-state index is -0.518. The van der Waals surface area contributed by atoms with E-state index in [0.717, 1.165) is 6.42 Å². The van der Waals surface area contributed by atoms with Crippen LogP contribution in [0.15, 0.2) is 71.6 Å². The SMILES string of the molecule is Cc1ccc(P(C2=C(C(C)P(C(C)(C)C)C(C)(C)C)C=CC2)c2ccc(C)cc2)cc1. The minimum absolute atomic E-state index is 0.213. The molecule has 0 radical (unpaired) electrons. The van der Waals surface area contributed by atoms with Crippen molar-refractivity contribution in [1.29, 1.82) is 0 Å². The van der Waals surface area contributed by atoms with Crippen molar-refractivity contribution < 1.29 is 0 Å². The summed E-state index contributed by atoms with van der Waals surface area (Å²) in [4.78, 5) is 0. The van der Waals surface area contributed by atoms with E-state index in [-0.39, 0.29) is 7.92 Å². The van der Waals surface area contributed by atoms with Gasteiger partial charge in [0.05, 0.1) is 0 Å². The molecule has 0 saturated carbocycles. The Morgan fingerprint density at radius 1 is 0.710 bits per heavy atom. The zero-order valence-corrected chi connectivity index (χ0v) is 22.7. The van der Waals surface area contributed by atoms with Gasteiger partial charge >= 0.3 is 0 Å². The molecule has 0 fully saturated rings. The van der Waals surface area contributed by atoms with Crippen molar-refractivity contribution in [3.05, 3.63) is 82.7 Å². The van der Waals surface area contributed by atoms with Crippen molar-refractivity contribution in [1.82, 2.24) is 0 Å². The highest BCUT2D eigenvalue weighted by molar-refractivity contribution is 7.76. The average molecular weight is 451 g/mol. The first-order chi connectivity index (χ1) is 14.4. The standard InChI is InChI=1S/C29H40P2/c1-21-13-17-24(18-14-21)30(25-19-15-22(2)16-20-25)27-12-10-11-26(27)23(3)31(28(4,5)6)29(7,8)9/h10-11,13-20,23H,12H2,1-9H3. The summed E-state index contributed by atoms with van der Waals surface area (Å²) in [7, 11) is -0.731. The highest BCUT2D eigenvalue weighted by atomic mass is 31.1. The topological polar surface area (TPSA) is 0 Å². The van der Waals surface area contributed by atoms with E-state index in [2.05, 4.69) is 123 Å². The number of allylic oxidation sites excluding steroid dienone is 4. The third-order valence-corrected chi connectivity index (χ3v) is 12.6. The maximum atomic E-state index is 2.50. The van der Waals surface area contributed by atoms with E-state index in [1.807, 2.05) is 0 Å². The third-order valence-electron chi connectivity index (χ3n) is 6.08. The largest absolute Gasteiger partial charge is 0.0882 e. The molecule has 1 aliphatic carbocycles. The summed E-state index contributed by atoms with van der Waals surface area (Å²) in [6.07, 6.45) is 5.97. The van der Waals surface area contributed by atoms with E-state index >= 15 is 0 Å². The van der Waals surface area contributed by atoms with Gasteiger partial charge in [-0.3, -0.25) is 0 Å². The van der Waals surface area contributed by atoms with E-state index in [0.29, 0.717) is 16.0 Å². The molecule has 0 aliphatic heterocycles. The van der Waals surface area contributed by atoms with Crippen LogP contribution in [0.25, 0.3) is 0 Å². The van der Waals surface area contributed by atoms with Crippen molar-refractivity contribution >= 4 is 26.5 Å². The molecule has 1 aliphatic rings. The smallest absolute Gasteiger partial charge is 0.00262 e. The average Bonchev–Trinajstić information content (AvgIpc) is 3.12. The lowest BCUT2D eigenvalue weighted by Crippen LogP contribution is -2.31. The molecule has 0 bridgehead atoms. The molecule has 0 heterocycles.